The second-order valence-electron chi connectivity index (χ2n) is 37.0. The number of nitrogens with zero attached hydrogens (tertiary/aromatic N) is 7. The molecule has 1 aromatic rings. The number of benzene rings is 1. The van der Waals surface area contributed by atoms with Crippen LogP contribution in [0.1, 0.15) is 402 Å². The molecule has 3 rings (SSSR count). The Hall–Kier alpha value is -1.70. The molecule has 0 unspecified atom stereocenters. The molecule has 2 fully saturated rings. The number of aryl methyl sites for hydroxylation is 1. The summed E-state index contributed by atoms with van der Waals surface area (Å²) in [6.07, 6.45) is 64.8. The molecular formula is C111H253N19O4. The third-order valence-corrected chi connectivity index (χ3v) is 23.1. The molecule has 0 atom stereocenters. The predicted molar refractivity (Wildman–Crippen MR) is 604 cm³/mol. The van der Waals surface area contributed by atoms with Crippen molar-refractivity contribution in [2.75, 3.05) is 285 Å². The number of nitrogens with one attached hydrogen (secondary N) is 4. The molecule has 0 spiro atoms. The Kier molecular flexibility index (Phi) is 164. The van der Waals surface area contributed by atoms with E-state index in [1.807, 2.05) is 14.1 Å². The fourth-order valence-electron chi connectivity index (χ4n) is 13.9. The summed E-state index contributed by atoms with van der Waals surface area (Å²) in [6.45, 7) is 64.9. The number of hydrogen-bond donors (Lipinski definition) is 13. The van der Waals surface area contributed by atoms with Crippen LogP contribution in [0.5, 0.6) is 0 Å². The number of hydrogen-bond acceptors (Lipinski definition) is 23. The van der Waals surface area contributed by atoms with E-state index in [1.165, 1.54) is 405 Å². The van der Waals surface area contributed by atoms with Crippen molar-refractivity contribution in [1.82, 2.24) is 55.6 Å². The van der Waals surface area contributed by atoms with Crippen LogP contribution >= 0.6 is 0 Å². The number of unbranched alkanes of at least 4 members (excludes halogenated alkanes) is 34. The lowest BCUT2D eigenvalue weighted by Gasteiger charge is -2.34. The van der Waals surface area contributed by atoms with Gasteiger partial charge in [-0.3, -0.25) is 9.80 Å². The van der Waals surface area contributed by atoms with Crippen molar-refractivity contribution in [3.63, 3.8) is 0 Å². The third kappa shape index (κ3) is 153. The highest BCUT2D eigenvalue weighted by atomic mass is 16.5. The lowest BCUT2D eigenvalue weighted by Crippen LogP contribution is -2.49. The fraction of sp³-hybridized carbons (Fsp3) is 0.946. The molecule has 1 aromatic carbocycles. The van der Waals surface area contributed by atoms with Crippen molar-refractivity contribution in [2.24, 2.45) is 45.9 Å². The largest absolute Gasteiger partial charge is 0.396 e. The van der Waals surface area contributed by atoms with E-state index in [1.54, 1.807) is 0 Å². The van der Waals surface area contributed by atoms with Crippen molar-refractivity contribution < 1.29 is 19.3 Å². The summed E-state index contributed by atoms with van der Waals surface area (Å²) in [5.74, 6) is 0. The van der Waals surface area contributed by atoms with Crippen molar-refractivity contribution in [2.45, 2.75) is 404 Å². The topological polar surface area (TPSA) is 327 Å². The molecule has 134 heavy (non-hydrogen) atoms. The number of piperazine rings is 2. The molecule has 0 aromatic heterocycles. The standard InChI is InChI=1S/C12H27N.C11H26N4.C11H25N3.C11H26N2.C11H25N.C10H23N.C9H13N.C8H20N2.C8H19N.C7H17NO2.C7H16O.C6H16N2O/c1-2-3-4-5-6-7-8-9-10-11-12-13;1-2-4-13-5-7-15-10-8-14(6-3-12)9-11-15;1-2-3-6-13-8-10-14(11-9-13)7-4-5-12;1-2-3-4-7-10-13-11-8-5-6-9-12;1-4-6-8-10-12(3)11-9-7-5-2;1-4-5-6-7-8-9-10-11(2)3;1-2-8-3-5-9(7-10)6-4-8;1-3-4-7-10(2)8-5-6-9;1-2-3-4-5-6-7-8-9;1-2-4-9-6-7-10-5-3-8;1-2-3-4-5-6-7-8;1-7-3-5-9-6-4-8-2/h2-13H2,1H3;13H,2-12H2,1H3;2-12H2,1H3;13H,2-12H2,1H3;4-11H2,1-3H3;4-10H2,1-3H3;3-6H,2,7,10H2,1H3;3-9H2,1-2H3;2-9H2,1H3;2-8H2,1H3;8H,2-7H2,1H3;7-8H,3-6H2,1-2H3. The maximum absolute atomic E-state index is 8.37. The van der Waals surface area contributed by atoms with Crippen molar-refractivity contribution in [3.8, 4) is 0 Å². The Labute approximate surface area is 840 Å². The van der Waals surface area contributed by atoms with E-state index in [-0.39, 0.29) is 0 Å². The van der Waals surface area contributed by atoms with E-state index in [0.717, 1.165) is 130 Å². The summed E-state index contributed by atoms with van der Waals surface area (Å²) in [5.41, 5.74) is 45.8. The first kappa shape index (κ1) is 150. The molecule has 2 aliphatic rings. The second kappa shape index (κ2) is 147. The maximum Gasteiger partial charge on any atom is 0.0701 e. The molecule has 0 aliphatic carbocycles. The molecule has 816 valence electrons. The highest BCUT2D eigenvalue weighted by Gasteiger charge is 2.17. The van der Waals surface area contributed by atoms with E-state index in [4.69, 9.17) is 65.2 Å². The summed E-state index contributed by atoms with van der Waals surface area (Å²) in [4.78, 5) is 17.2. The Bertz CT molecular complexity index is 1850. The van der Waals surface area contributed by atoms with Gasteiger partial charge in [-0.15, -0.1) is 0 Å². The lowest BCUT2D eigenvalue weighted by molar-refractivity contribution is 0.0510. The zero-order valence-electron chi connectivity index (χ0n) is 94.2. The van der Waals surface area contributed by atoms with Gasteiger partial charge < -0.3 is 111 Å². The first-order valence-corrected chi connectivity index (χ1v) is 57.1. The molecule has 0 bridgehead atoms. The van der Waals surface area contributed by atoms with Gasteiger partial charge >= 0.3 is 0 Å². The minimum absolute atomic E-state index is 0.365. The van der Waals surface area contributed by atoms with Crippen LogP contribution in [0.2, 0.25) is 0 Å². The molecule has 23 heteroatoms. The highest BCUT2D eigenvalue weighted by Crippen LogP contribution is 2.12. The number of ether oxygens (including phenoxy) is 3. The fourth-order valence-corrected chi connectivity index (χ4v) is 13.9. The highest BCUT2D eigenvalue weighted by molar-refractivity contribution is 5.22. The predicted octanol–water partition coefficient (Wildman–Crippen LogP) is 19.5. The van der Waals surface area contributed by atoms with Gasteiger partial charge in [0.05, 0.1) is 33.0 Å². The van der Waals surface area contributed by atoms with E-state index in [9.17, 15) is 0 Å². The monoisotopic (exact) mass is 1920 g/mol. The zero-order valence-corrected chi connectivity index (χ0v) is 94.2. The number of likely N-dealkylation sites (N-methyl/N-ethyl adjacent to an activating group) is 2. The van der Waals surface area contributed by atoms with Gasteiger partial charge in [-0.05, 0) is 254 Å². The molecule has 2 aliphatic heterocycles. The quantitative estimate of drug-likeness (QED) is 0.0270. The first-order chi connectivity index (χ1) is 65.5. The smallest absolute Gasteiger partial charge is 0.0701 e. The minimum atomic E-state index is 0.365. The molecule has 0 saturated carbocycles. The van der Waals surface area contributed by atoms with Crippen LogP contribution in [0.25, 0.3) is 0 Å². The van der Waals surface area contributed by atoms with Crippen LogP contribution in [-0.4, -0.2) is 324 Å². The summed E-state index contributed by atoms with van der Waals surface area (Å²) in [6, 6.07) is 8.42. The summed E-state index contributed by atoms with van der Waals surface area (Å²) in [5, 5.41) is 21.3. The molecule has 0 amide bonds. The van der Waals surface area contributed by atoms with E-state index >= 15 is 0 Å². The first-order valence-electron chi connectivity index (χ1n) is 57.1. The Morgan fingerprint density at radius 2 is 0.575 bits per heavy atom. The van der Waals surface area contributed by atoms with Crippen molar-refractivity contribution in [1.29, 1.82) is 0 Å². The number of aliphatic hydroxyl groups is 1. The summed E-state index contributed by atoms with van der Waals surface area (Å²) in [7, 11) is 12.5. The van der Waals surface area contributed by atoms with Gasteiger partial charge in [0.25, 0.3) is 0 Å². The van der Waals surface area contributed by atoms with Gasteiger partial charge in [-0.2, -0.15) is 0 Å². The third-order valence-electron chi connectivity index (χ3n) is 23.1. The van der Waals surface area contributed by atoms with Gasteiger partial charge in [0, 0.05) is 118 Å². The van der Waals surface area contributed by atoms with E-state index in [0.29, 0.717) is 39.5 Å². The zero-order chi connectivity index (χ0) is 101. The van der Waals surface area contributed by atoms with Gasteiger partial charge in [0.2, 0.25) is 0 Å². The van der Waals surface area contributed by atoms with E-state index < -0.39 is 0 Å². The van der Waals surface area contributed by atoms with Crippen LogP contribution in [-0.2, 0) is 27.2 Å². The SMILES string of the molecule is CCCCCCCCCCCCN.CCCCCCCCN.CCCCCCCCN(C)C.CCCCCCCO.CCCCCCNCCCCCN.CCCCCN(C)CCCCC.CCCCN(C)CCCN.CCCCN1CCN(CCCN)CC1.CCCNCCN1CCN(CCN)CC1.CCCOCCOCCN.CCc1ccc(CN)cc1.CNCCOCCNC. The van der Waals surface area contributed by atoms with Crippen LogP contribution in [0, 0.1) is 0 Å². The molecule has 23 nitrogen and oxygen atoms in total. The molecular weight excluding hydrogens is 1660 g/mol. The Morgan fingerprint density at radius 1 is 0.261 bits per heavy atom. The molecule has 21 N–H and O–H groups in total. The maximum atomic E-state index is 8.37. The number of aliphatic hydroxyl groups excluding tert-OH is 1. The van der Waals surface area contributed by atoms with Gasteiger partial charge in [-0.1, -0.05) is 319 Å². The normalized spacial score (nSPS) is 12.5. The Morgan fingerprint density at radius 3 is 0.933 bits per heavy atom. The van der Waals surface area contributed by atoms with Crippen LogP contribution in [0.15, 0.2) is 24.3 Å². The minimum Gasteiger partial charge on any atom is -0.396 e. The van der Waals surface area contributed by atoms with E-state index in [2.05, 4.69) is 191 Å². The van der Waals surface area contributed by atoms with Crippen LogP contribution < -0.4 is 67.1 Å². The van der Waals surface area contributed by atoms with Crippen LogP contribution in [0.4, 0.5) is 0 Å². The van der Waals surface area contributed by atoms with Crippen molar-refractivity contribution >= 4 is 0 Å². The second-order valence-corrected chi connectivity index (χ2v) is 37.0. The molecule has 2 heterocycles. The van der Waals surface area contributed by atoms with Crippen LogP contribution in [0.3, 0.4) is 0 Å². The van der Waals surface area contributed by atoms with Gasteiger partial charge in [0.15, 0.2) is 0 Å². The van der Waals surface area contributed by atoms with Crippen molar-refractivity contribution in [3.05, 3.63) is 35.4 Å². The van der Waals surface area contributed by atoms with Gasteiger partial charge in [-0.25, -0.2) is 0 Å². The number of nitrogens with two attached hydrogens (primary N) is 8. The molecule has 0 radical (unpaired) electrons. The summed E-state index contributed by atoms with van der Waals surface area (Å²) >= 11 is 0. The van der Waals surface area contributed by atoms with Gasteiger partial charge in [0.1, 0.15) is 0 Å². The Balaban J connectivity index is -0.000000182. The average molecular weight is 1920 g/mol. The average Bonchev–Trinajstić information content (AvgIpc) is 0.924. The lowest BCUT2D eigenvalue weighted by atomic mass is 10.1. The summed E-state index contributed by atoms with van der Waals surface area (Å²) < 4.78 is 15.4. The number of rotatable bonds is 80. The molecule has 2 saturated heterocycles.